The van der Waals surface area contributed by atoms with Crippen LogP contribution in [0, 0.1) is 5.82 Å². The average Bonchev–Trinajstić information content (AvgIpc) is 2.53. The number of guanidine groups is 1. The van der Waals surface area contributed by atoms with E-state index in [2.05, 4.69) is 15.6 Å². The van der Waals surface area contributed by atoms with Crippen LogP contribution in [-0.2, 0) is 11.3 Å². The summed E-state index contributed by atoms with van der Waals surface area (Å²) in [6.45, 7) is 7.42. The second-order valence-corrected chi connectivity index (χ2v) is 4.80. The van der Waals surface area contributed by atoms with Gasteiger partial charge in [-0.3, -0.25) is 4.99 Å². The first kappa shape index (κ1) is 21.9. The molecule has 23 heavy (non-hydrogen) atoms. The van der Waals surface area contributed by atoms with Crippen LogP contribution in [-0.4, -0.2) is 46.4 Å². The second-order valence-electron chi connectivity index (χ2n) is 4.80. The predicted octanol–water partition coefficient (Wildman–Crippen LogP) is 2.60. The van der Waals surface area contributed by atoms with E-state index in [9.17, 15) is 4.39 Å². The molecule has 1 aromatic rings. The number of ether oxygens (including phenoxy) is 1. The molecule has 0 radical (unpaired) electrons. The van der Waals surface area contributed by atoms with Gasteiger partial charge in [0.2, 0.25) is 0 Å². The molecule has 0 atom stereocenters. The highest BCUT2D eigenvalue weighted by Crippen LogP contribution is 2.20. The van der Waals surface area contributed by atoms with Crippen molar-refractivity contribution in [3.63, 3.8) is 0 Å². The minimum atomic E-state index is -0.190. The zero-order chi connectivity index (χ0) is 16.4. The van der Waals surface area contributed by atoms with Crippen molar-refractivity contribution < 1.29 is 9.13 Å². The van der Waals surface area contributed by atoms with E-state index >= 15 is 0 Å². The van der Waals surface area contributed by atoms with Gasteiger partial charge in [-0.2, -0.15) is 0 Å². The number of halogens is 2. The number of nitrogens with one attached hydrogen (secondary N) is 2. The van der Waals surface area contributed by atoms with Crippen LogP contribution < -0.4 is 15.5 Å². The van der Waals surface area contributed by atoms with Crippen LogP contribution in [0.5, 0.6) is 0 Å². The number of methoxy groups -OCH3 is 1. The number of aliphatic imine (C=N–C) groups is 1. The molecule has 0 aromatic heterocycles. The summed E-state index contributed by atoms with van der Waals surface area (Å²) >= 11 is 0. The largest absolute Gasteiger partial charge is 0.383 e. The fourth-order valence-corrected chi connectivity index (χ4v) is 2.16. The maximum atomic E-state index is 14.2. The van der Waals surface area contributed by atoms with Crippen molar-refractivity contribution in [2.75, 3.05) is 45.3 Å². The Morgan fingerprint density at radius 1 is 1.26 bits per heavy atom. The van der Waals surface area contributed by atoms with E-state index in [1.165, 1.54) is 0 Å². The molecule has 5 nitrogen and oxygen atoms in total. The Labute approximate surface area is 155 Å². The van der Waals surface area contributed by atoms with Crippen molar-refractivity contribution >= 4 is 35.6 Å². The molecule has 0 fully saturated rings. The number of hydrogen-bond acceptors (Lipinski definition) is 3. The summed E-state index contributed by atoms with van der Waals surface area (Å²) < 4.78 is 19.2. The highest BCUT2D eigenvalue weighted by atomic mass is 127. The number of anilines is 1. The molecule has 0 aliphatic carbocycles. The topological polar surface area (TPSA) is 48.9 Å². The standard InChI is InChI=1S/C16H27FN4O.HI/c1-5-21(6-2)15-8-7-13(11-14(15)17)12-20-16(18-3)19-9-10-22-4;/h7-8,11H,5-6,9-10,12H2,1-4H3,(H2,18,19,20);1H. The summed E-state index contributed by atoms with van der Waals surface area (Å²) in [7, 11) is 3.35. The highest BCUT2D eigenvalue weighted by Gasteiger charge is 2.09. The van der Waals surface area contributed by atoms with Crippen LogP contribution in [0.1, 0.15) is 19.4 Å². The lowest BCUT2D eigenvalue weighted by molar-refractivity contribution is 0.203. The fraction of sp³-hybridized carbons (Fsp3) is 0.562. The molecule has 0 aliphatic heterocycles. The molecule has 0 unspecified atom stereocenters. The Balaban J connectivity index is 0.00000484. The second kappa shape index (κ2) is 12.3. The summed E-state index contributed by atoms with van der Waals surface area (Å²) in [6, 6.07) is 5.34. The number of nitrogens with zero attached hydrogens (tertiary/aromatic N) is 2. The molecule has 0 saturated heterocycles. The van der Waals surface area contributed by atoms with Crippen LogP contribution in [0.3, 0.4) is 0 Å². The Morgan fingerprint density at radius 3 is 2.48 bits per heavy atom. The number of hydrogen-bond donors (Lipinski definition) is 2. The smallest absolute Gasteiger partial charge is 0.191 e. The maximum Gasteiger partial charge on any atom is 0.191 e. The van der Waals surface area contributed by atoms with E-state index in [1.807, 2.05) is 30.9 Å². The molecule has 0 spiro atoms. The van der Waals surface area contributed by atoms with Gasteiger partial charge in [-0.15, -0.1) is 24.0 Å². The van der Waals surface area contributed by atoms with E-state index in [1.54, 1.807) is 20.2 Å². The fourth-order valence-electron chi connectivity index (χ4n) is 2.16. The first-order valence-corrected chi connectivity index (χ1v) is 7.63. The summed E-state index contributed by atoms with van der Waals surface area (Å²) in [6.07, 6.45) is 0. The summed E-state index contributed by atoms with van der Waals surface area (Å²) in [5.74, 6) is 0.482. The van der Waals surface area contributed by atoms with Crippen LogP contribution in [0.25, 0.3) is 0 Å². The first-order valence-electron chi connectivity index (χ1n) is 7.63. The van der Waals surface area contributed by atoms with Crippen molar-refractivity contribution in [2.24, 2.45) is 4.99 Å². The Morgan fingerprint density at radius 2 is 1.96 bits per heavy atom. The summed E-state index contributed by atoms with van der Waals surface area (Å²) in [4.78, 5) is 6.10. The van der Waals surface area contributed by atoms with Crippen molar-refractivity contribution in [1.82, 2.24) is 10.6 Å². The lowest BCUT2D eigenvalue weighted by atomic mass is 10.2. The quantitative estimate of drug-likeness (QED) is 0.284. The zero-order valence-electron chi connectivity index (χ0n) is 14.4. The monoisotopic (exact) mass is 438 g/mol. The maximum absolute atomic E-state index is 14.2. The van der Waals surface area contributed by atoms with Crippen LogP contribution >= 0.6 is 24.0 Å². The van der Waals surface area contributed by atoms with Gasteiger partial charge in [0.05, 0.1) is 12.3 Å². The Kier molecular flexibility index (Phi) is 11.8. The van der Waals surface area contributed by atoms with Gasteiger partial charge in [-0.1, -0.05) is 6.07 Å². The van der Waals surface area contributed by atoms with Gasteiger partial charge in [0.1, 0.15) is 5.82 Å². The SMILES string of the molecule is CCN(CC)c1ccc(CNC(=NC)NCCOC)cc1F.I. The Hall–Kier alpha value is -1.09. The van der Waals surface area contributed by atoms with Crippen LogP contribution in [0.2, 0.25) is 0 Å². The third-order valence-corrected chi connectivity index (χ3v) is 3.40. The first-order chi connectivity index (χ1) is 10.7. The number of rotatable bonds is 8. The highest BCUT2D eigenvalue weighted by molar-refractivity contribution is 14.0. The zero-order valence-corrected chi connectivity index (χ0v) is 16.7. The van der Waals surface area contributed by atoms with E-state index in [0.29, 0.717) is 31.3 Å². The van der Waals surface area contributed by atoms with Gasteiger partial charge in [0.25, 0.3) is 0 Å². The van der Waals surface area contributed by atoms with Crippen molar-refractivity contribution in [1.29, 1.82) is 0 Å². The average molecular weight is 438 g/mol. The molecule has 0 heterocycles. The van der Waals surface area contributed by atoms with E-state index < -0.39 is 0 Å². The predicted molar refractivity (Wildman–Crippen MR) is 105 cm³/mol. The molecule has 7 heteroatoms. The van der Waals surface area contributed by atoms with Crippen molar-refractivity contribution in [2.45, 2.75) is 20.4 Å². The van der Waals surface area contributed by atoms with Crippen molar-refractivity contribution in [3.8, 4) is 0 Å². The molecule has 0 amide bonds. The molecule has 0 saturated carbocycles. The van der Waals surface area contributed by atoms with E-state index in [0.717, 1.165) is 18.7 Å². The third kappa shape index (κ3) is 7.34. The third-order valence-electron chi connectivity index (χ3n) is 3.40. The minimum absolute atomic E-state index is 0. The van der Waals surface area contributed by atoms with Crippen LogP contribution in [0.4, 0.5) is 10.1 Å². The number of benzene rings is 1. The molecular weight excluding hydrogens is 410 g/mol. The molecule has 0 bridgehead atoms. The summed E-state index contributed by atoms with van der Waals surface area (Å²) in [5, 5.41) is 6.27. The summed E-state index contributed by atoms with van der Waals surface area (Å²) in [5.41, 5.74) is 1.53. The van der Waals surface area contributed by atoms with Crippen molar-refractivity contribution in [3.05, 3.63) is 29.6 Å². The lowest BCUT2D eigenvalue weighted by Crippen LogP contribution is -2.38. The normalized spacial score (nSPS) is 10.9. The van der Waals surface area contributed by atoms with Gasteiger partial charge in [0.15, 0.2) is 5.96 Å². The Bertz CT molecular complexity index is 481. The van der Waals surface area contributed by atoms with Gasteiger partial charge in [-0.25, -0.2) is 4.39 Å². The van der Waals surface area contributed by atoms with Gasteiger partial charge in [0, 0.05) is 40.3 Å². The molecule has 1 rings (SSSR count). The van der Waals surface area contributed by atoms with Gasteiger partial charge in [-0.05, 0) is 31.5 Å². The lowest BCUT2D eigenvalue weighted by Gasteiger charge is -2.22. The molecule has 1 aromatic carbocycles. The molecule has 2 N–H and O–H groups in total. The van der Waals surface area contributed by atoms with Crippen LogP contribution in [0.15, 0.2) is 23.2 Å². The molecule has 132 valence electrons. The van der Waals surface area contributed by atoms with E-state index in [4.69, 9.17) is 4.74 Å². The molecular formula is C16H28FIN4O. The molecule has 0 aliphatic rings. The van der Waals surface area contributed by atoms with Gasteiger partial charge >= 0.3 is 0 Å². The van der Waals surface area contributed by atoms with Gasteiger partial charge < -0.3 is 20.3 Å². The van der Waals surface area contributed by atoms with E-state index in [-0.39, 0.29) is 29.8 Å². The minimum Gasteiger partial charge on any atom is -0.383 e.